The van der Waals surface area contributed by atoms with Crippen molar-refractivity contribution in [2.24, 2.45) is 5.92 Å². The van der Waals surface area contributed by atoms with E-state index in [2.05, 4.69) is 41.1 Å². The third-order valence-corrected chi connectivity index (χ3v) is 7.08. The van der Waals surface area contributed by atoms with Crippen molar-refractivity contribution in [1.29, 1.82) is 0 Å². The Balaban J connectivity index is 1.48. The minimum Gasteiger partial charge on any atom is -0.497 e. The number of para-hydroxylation sites is 1. The molecule has 2 heterocycles. The van der Waals surface area contributed by atoms with Crippen LogP contribution in [-0.2, 0) is 0 Å². The quantitative estimate of drug-likeness (QED) is 0.420. The van der Waals surface area contributed by atoms with Crippen molar-refractivity contribution in [2.45, 2.75) is 39.5 Å². The van der Waals surface area contributed by atoms with Gasteiger partial charge < -0.3 is 19.9 Å². The Hall–Kier alpha value is -3.28. The van der Waals surface area contributed by atoms with E-state index < -0.39 is 0 Å². The molecule has 0 unspecified atom stereocenters. The molecule has 4 rings (SSSR count). The van der Waals surface area contributed by atoms with E-state index in [1.54, 1.807) is 7.11 Å². The van der Waals surface area contributed by atoms with Crippen LogP contribution in [0.2, 0.25) is 0 Å². The number of nitrogens with one attached hydrogen (secondary N) is 1. The van der Waals surface area contributed by atoms with E-state index in [-0.39, 0.29) is 5.91 Å². The van der Waals surface area contributed by atoms with Crippen molar-refractivity contribution in [1.82, 2.24) is 10.3 Å². The van der Waals surface area contributed by atoms with Crippen molar-refractivity contribution < 1.29 is 9.53 Å². The molecule has 1 aliphatic heterocycles. The highest BCUT2D eigenvalue weighted by Gasteiger charge is 2.21. The third-order valence-electron chi connectivity index (χ3n) is 7.08. The molecule has 1 atom stereocenters. The average Bonchev–Trinajstić information content (AvgIpc) is 2.92. The first-order valence-electron chi connectivity index (χ1n) is 12.9. The Labute approximate surface area is 209 Å². The summed E-state index contributed by atoms with van der Waals surface area (Å²) in [6, 6.07) is 18.2. The summed E-state index contributed by atoms with van der Waals surface area (Å²) in [4.78, 5) is 22.9. The number of carbonyl (C=O) groups is 1. The Morgan fingerprint density at radius 1 is 1.03 bits per heavy atom. The van der Waals surface area contributed by atoms with Crippen LogP contribution in [0.3, 0.4) is 0 Å². The number of hydrogen-bond acceptors (Lipinski definition) is 5. The number of nitrogens with zero attached hydrogens (tertiary/aromatic N) is 3. The Morgan fingerprint density at radius 3 is 2.43 bits per heavy atom. The Kier molecular flexibility index (Phi) is 8.45. The van der Waals surface area contributed by atoms with Crippen LogP contribution in [0.25, 0.3) is 10.9 Å². The maximum Gasteiger partial charge on any atom is 0.252 e. The third kappa shape index (κ3) is 6.05. The molecule has 6 heteroatoms. The van der Waals surface area contributed by atoms with Crippen molar-refractivity contribution >= 4 is 28.3 Å². The van der Waals surface area contributed by atoms with E-state index in [1.165, 1.54) is 18.5 Å². The van der Waals surface area contributed by atoms with Crippen molar-refractivity contribution in [2.75, 3.05) is 49.6 Å². The van der Waals surface area contributed by atoms with E-state index >= 15 is 0 Å². The van der Waals surface area contributed by atoms with Crippen LogP contribution in [0.1, 0.15) is 49.9 Å². The summed E-state index contributed by atoms with van der Waals surface area (Å²) in [6.45, 7) is 8.66. The van der Waals surface area contributed by atoms with Gasteiger partial charge in [-0.25, -0.2) is 4.98 Å². The van der Waals surface area contributed by atoms with Crippen LogP contribution in [0.5, 0.6) is 5.75 Å². The number of pyridine rings is 1. The van der Waals surface area contributed by atoms with Crippen LogP contribution < -0.4 is 19.9 Å². The van der Waals surface area contributed by atoms with Gasteiger partial charge in [0.05, 0.1) is 18.2 Å². The molecule has 2 aromatic carbocycles. The number of ether oxygens (including phenoxy) is 1. The van der Waals surface area contributed by atoms with E-state index in [0.717, 1.165) is 68.0 Å². The van der Waals surface area contributed by atoms with Crippen LogP contribution >= 0.6 is 0 Å². The fourth-order valence-electron chi connectivity index (χ4n) is 4.77. The summed E-state index contributed by atoms with van der Waals surface area (Å²) in [5.74, 6) is 2.27. The molecule has 0 radical (unpaired) electrons. The van der Waals surface area contributed by atoms with Crippen molar-refractivity contribution in [3.05, 3.63) is 60.2 Å². The molecule has 0 spiro atoms. The largest absolute Gasteiger partial charge is 0.497 e. The van der Waals surface area contributed by atoms with Gasteiger partial charge in [-0.3, -0.25) is 4.79 Å². The second kappa shape index (κ2) is 11.9. The lowest BCUT2D eigenvalue weighted by molar-refractivity contribution is 0.0947. The van der Waals surface area contributed by atoms with Gasteiger partial charge in [0.15, 0.2) is 0 Å². The molecule has 1 aliphatic rings. The van der Waals surface area contributed by atoms with Gasteiger partial charge in [0.2, 0.25) is 0 Å². The number of hydrogen-bond donors (Lipinski definition) is 1. The van der Waals surface area contributed by atoms with Gasteiger partial charge in [-0.1, -0.05) is 51.3 Å². The summed E-state index contributed by atoms with van der Waals surface area (Å²) in [7, 11) is 1.69. The highest BCUT2D eigenvalue weighted by atomic mass is 16.5. The average molecular weight is 475 g/mol. The zero-order valence-corrected chi connectivity index (χ0v) is 21.3. The molecule has 1 fully saturated rings. The number of methoxy groups -OCH3 is 1. The van der Waals surface area contributed by atoms with Crippen LogP contribution in [0.4, 0.5) is 11.5 Å². The SMILES string of the molecule is CCCC[C@@H](CC)CNC(=O)c1cc(N2CCN(c3ccc(OC)cc3)CC2)nc2ccccc12. The predicted molar refractivity (Wildman–Crippen MR) is 145 cm³/mol. The molecule has 6 nitrogen and oxygen atoms in total. The zero-order chi connectivity index (χ0) is 24.6. The molecule has 1 saturated heterocycles. The molecule has 1 N–H and O–H groups in total. The summed E-state index contributed by atoms with van der Waals surface area (Å²) < 4.78 is 5.28. The number of anilines is 2. The summed E-state index contributed by atoms with van der Waals surface area (Å²) in [6.07, 6.45) is 4.64. The normalized spacial score (nSPS) is 14.7. The standard InChI is InChI=1S/C29H38N4O2/c1-4-6-9-22(5-2)21-30-29(34)26-20-28(31-27-11-8-7-10-25(26)27)33-18-16-32(17-19-33)23-12-14-24(35-3)15-13-23/h7-8,10-15,20,22H,4-6,9,16-19,21H2,1-3H3,(H,30,34)/t22-/m1/s1. The molecule has 1 aromatic heterocycles. The van der Waals surface area contributed by atoms with Gasteiger partial charge >= 0.3 is 0 Å². The lowest BCUT2D eigenvalue weighted by Crippen LogP contribution is -2.47. The predicted octanol–water partition coefficient (Wildman–Crippen LogP) is 5.52. The maximum absolute atomic E-state index is 13.3. The molecule has 0 aliphatic carbocycles. The van der Waals surface area contributed by atoms with Gasteiger partial charge in [-0.2, -0.15) is 0 Å². The van der Waals surface area contributed by atoms with E-state index in [9.17, 15) is 4.79 Å². The van der Waals surface area contributed by atoms with E-state index in [4.69, 9.17) is 9.72 Å². The fraction of sp³-hybridized carbons (Fsp3) is 0.448. The second-order valence-corrected chi connectivity index (χ2v) is 9.34. The molecule has 0 saturated carbocycles. The summed E-state index contributed by atoms with van der Waals surface area (Å²) in [5, 5.41) is 4.12. The van der Waals surface area contributed by atoms with Gasteiger partial charge in [0, 0.05) is 43.8 Å². The van der Waals surface area contributed by atoms with Crippen molar-refractivity contribution in [3.8, 4) is 5.75 Å². The summed E-state index contributed by atoms with van der Waals surface area (Å²) >= 11 is 0. The van der Waals surface area contributed by atoms with Crippen LogP contribution in [0.15, 0.2) is 54.6 Å². The first kappa shape index (κ1) is 24.8. The van der Waals surface area contributed by atoms with Gasteiger partial charge in [0.1, 0.15) is 11.6 Å². The molecular formula is C29H38N4O2. The maximum atomic E-state index is 13.3. The molecule has 3 aromatic rings. The van der Waals surface area contributed by atoms with Gasteiger partial charge in [-0.15, -0.1) is 0 Å². The first-order chi connectivity index (χ1) is 17.1. The smallest absolute Gasteiger partial charge is 0.252 e. The molecule has 1 amide bonds. The minimum atomic E-state index is -0.00309. The highest BCUT2D eigenvalue weighted by Crippen LogP contribution is 2.26. The number of aromatic nitrogens is 1. The monoisotopic (exact) mass is 474 g/mol. The summed E-state index contributed by atoms with van der Waals surface area (Å²) in [5.41, 5.74) is 2.78. The number of benzene rings is 2. The highest BCUT2D eigenvalue weighted by molar-refractivity contribution is 6.07. The molecule has 35 heavy (non-hydrogen) atoms. The Morgan fingerprint density at radius 2 is 1.74 bits per heavy atom. The van der Waals surface area contributed by atoms with Gasteiger partial charge in [0.25, 0.3) is 5.91 Å². The van der Waals surface area contributed by atoms with Gasteiger partial charge in [-0.05, 0) is 48.7 Å². The lowest BCUT2D eigenvalue weighted by Gasteiger charge is -2.37. The number of piperazine rings is 1. The number of fused-ring (bicyclic) bond motifs is 1. The lowest BCUT2D eigenvalue weighted by atomic mass is 9.99. The topological polar surface area (TPSA) is 57.7 Å². The van der Waals surface area contributed by atoms with Crippen molar-refractivity contribution in [3.63, 3.8) is 0 Å². The molecule has 186 valence electrons. The number of amides is 1. The van der Waals surface area contributed by atoms with E-state index in [0.29, 0.717) is 11.5 Å². The number of rotatable bonds is 10. The first-order valence-corrected chi connectivity index (χ1v) is 12.9. The minimum absolute atomic E-state index is 0.00309. The molecule has 0 bridgehead atoms. The second-order valence-electron chi connectivity index (χ2n) is 9.34. The van der Waals surface area contributed by atoms with Crippen LogP contribution in [0, 0.1) is 5.92 Å². The van der Waals surface area contributed by atoms with Crippen LogP contribution in [-0.4, -0.2) is 50.7 Å². The molecular weight excluding hydrogens is 436 g/mol. The number of unbranched alkanes of at least 4 members (excludes halogenated alkanes) is 1. The fourth-order valence-corrected chi connectivity index (χ4v) is 4.77. The number of carbonyl (C=O) groups excluding carboxylic acids is 1. The Bertz CT molecular complexity index is 1110. The zero-order valence-electron chi connectivity index (χ0n) is 21.3. The van der Waals surface area contributed by atoms with E-state index in [1.807, 2.05) is 42.5 Å².